The number of hydrogen-bond acceptors (Lipinski definition) is 3. The maximum atomic E-state index is 11.7. The summed E-state index contributed by atoms with van der Waals surface area (Å²) in [5.41, 5.74) is 8.10. The van der Waals surface area contributed by atoms with E-state index in [0.29, 0.717) is 24.3 Å². The van der Waals surface area contributed by atoms with Crippen LogP contribution in [0.2, 0.25) is 0 Å². The summed E-state index contributed by atoms with van der Waals surface area (Å²) in [7, 11) is 0. The van der Waals surface area contributed by atoms with Gasteiger partial charge in [-0.2, -0.15) is 0 Å². The van der Waals surface area contributed by atoms with Gasteiger partial charge in [0.1, 0.15) is 0 Å². The minimum Gasteiger partial charge on any atom is -0.398 e. The van der Waals surface area contributed by atoms with Gasteiger partial charge in [0.15, 0.2) is 0 Å². The lowest BCUT2D eigenvalue weighted by molar-refractivity contribution is -0.120. The Morgan fingerprint density at radius 1 is 1.28 bits per heavy atom. The van der Waals surface area contributed by atoms with E-state index in [0.717, 1.165) is 10.9 Å². The number of rotatable bonds is 1. The van der Waals surface area contributed by atoms with E-state index in [1.165, 1.54) is 4.90 Å². The quantitative estimate of drug-likeness (QED) is 0.658. The number of aromatic amines is 1. The number of hydrogen-bond donors (Lipinski definition) is 3. The van der Waals surface area contributed by atoms with Crippen LogP contribution in [0.15, 0.2) is 24.4 Å². The predicted molar refractivity (Wildman–Crippen MR) is 68.2 cm³/mol. The molecule has 18 heavy (non-hydrogen) atoms. The number of nitrogen functional groups attached to an aromatic ring is 1. The third-order valence-electron chi connectivity index (χ3n) is 3.05. The Kier molecular flexibility index (Phi) is 2.22. The van der Waals surface area contributed by atoms with Crippen molar-refractivity contribution in [2.75, 3.05) is 17.2 Å². The number of nitrogens with zero attached hydrogens (tertiary/aromatic N) is 1. The third kappa shape index (κ3) is 1.58. The second-order valence-electron chi connectivity index (χ2n) is 4.23. The number of carbonyl (C=O) groups is 2. The van der Waals surface area contributed by atoms with E-state index in [4.69, 9.17) is 5.73 Å². The number of amides is 3. The lowest BCUT2D eigenvalue weighted by atomic mass is 10.1. The minimum absolute atomic E-state index is 0.245. The molecule has 6 nitrogen and oxygen atoms in total. The van der Waals surface area contributed by atoms with Gasteiger partial charge in [-0.3, -0.25) is 15.0 Å². The third-order valence-corrected chi connectivity index (χ3v) is 3.05. The number of urea groups is 1. The van der Waals surface area contributed by atoms with Crippen LogP contribution in [-0.4, -0.2) is 23.5 Å². The van der Waals surface area contributed by atoms with Gasteiger partial charge in [0.05, 0.1) is 0 Å². The van der Waals surface area contributed by atoms with Gasteiger partial charge in [-0.15, -0.1) is 0 Å². The van der Waals surface area contributed by atoms with Crippen LogP contribution in [0.5, 0.6) is 0 Å². The molecular formula is C12H12N4O2. The first kappa shape index (κ1) is 10.6. The fourth-order valence-electron chi connectivity index (χ4n) is 2.15. The van der Waals surface area contributed by atoms with E-state index in [9.17, 15) is 9.59 Å². The van der Waals surface area contributed by atoms with E-state index in [1.54, 1.807) is 12.3 Å². The van der Waals surface area contributed by atoms with Crippen molar-refractivity contribution in [1.29, 1.82) is 0 Å². The van der Waals surface area contributed by atoms with Gasteiger partial charge < -0.3 is 10.7 Å². The molecular weight excluding hydrogens is 232 g/mol. The zero-order chi connectivity index (χ0) is 12.7. The number of fused-ring (bicyclic) bond motifs is 1. The molecule has 6 heteroatoms. The summed E-state index contributed by atoms with van der Waals surface area (Å²) in [5.74, 6) is -0.245. The number of nitrogens with two attached hydrogens (primary N) is 1. The van der Waals surface area contributed by atoms with Crippen LogP contribution in [0.4, 0.5) is 16.2 Å². The zero-order valence-electron chi connectivity index (χ0n) is 9.56. The summed E-state index contributed by atoms with van der Waals surface area (Å²) >= 11 is 0. The van der Waals surface area contributed by atoms with Crippen LogP contribution in [0.25, 0.3) is 10.9 Å². The number of carbonyl (C=O) groups excluding carboxylic acids is 2. The van der Waals surface area contributed by atoms with E-state index in [-0.39, 0.29) is 5.91 Å². The van der Waals surface area contributed by atoms with E-state index >= 15 is 0 Å². The molecule has 0 spiro atoms. The smallest absolute Gasteiger partial charge is 0.328 e. The molecule has 0 bridgehead atoms. The summed E-state index contributed by atoms with van der Waals surface area (Å²) < 4.78 is 0. The van der Waals surface area contributed by atoms with Crippen molar-refractivity contribution in [3.05, 3.63) is 24.4 Å². The zero-order valence-corrected chi connectivity index (χ0v) is 9.56. The van der Waals surface area contributed by atoms with Gasteiger partial charge in [0, 0.05) is 41.4 Å². The van der Waals surface area contributed by atoms with Crippen molar-refractivity contribution >= 4 is 34.2 Å². The number of aromatic nitrogens is 1. The normalized spacial score (nSPS) is 16.1. The van der Waals surface area contributed by atoms with Gasteiger partial charge >= 0.3 is 6.03 Å². The number of nitrogens with one attached hydrogen (secondary N) is 2. The molecule has 2 aromatic rings. The molecule has 1 aliphatic rings. The van der Waals surface area contributed by atoms with Gasteiger partial charge in [-0.1, -0.05) is 0 Å². The molecule has 1 aliphatic heterocycles. The molecule has 0 radical (unpaired) electrons. The summed E-state index contributed by atoms with van der Waals surface area (Å²) in [5, 5.41) is 3.21. The number of imide groups is 1. The van der Waals surface area contributed by atoms with Crippen molar-refractivity contribution in [2.45, 2.75) is 6.42 Å². The van der Waals surface area contributed by atoms with Gasteiger partial charge in [0.25, 0.3) is 0 Å². The van der Waals surface area contributed by atoms with Crippen molar-refractivity contribution in [3.63, 3.8) is 0 Å². The highest BCUT2D eigenvalue weighted by Crippen LogP contribution is 2.28. The Morgan fingerprint density at radius 3 is 2.89 bits per heavy atom. The molecule has 3 amide bonds. The minimum atomic E-state index is -0.406. The van der Waals surface area contributed by atoms with Crippen LogP contribution in [0.1, 0.15) is 6.42 Å². The molecule has 0 atom stereocenters. The summed E-state index contributed by atoms with van der Waals surface area (Å²) in [6.45, 7) is 0.371. The Hall–Kier alpha value is -2.50. The maximum Gasteiger partial charge on any atom is 0.328 e. The molecule has 0 saturated carbocycles. The predicted octanol–water partition coefficient (Wildman–Crippen LogP) is 1.20. The monoisotopic (exact) mass is 244 g/mol. The van der Waals surface area contributed by atoms with E-state index < -0.39 is 6.03 Å². The number of anilines is 2. The first-order valence-corrected chi connectivity index (χ1v) is 5.63. The van der Waals surface area contributed by atoms with E-state index in [1.807, 2.05) is 12.1 Å². The van der Waals surface area contributed by atoms with Crippen LogP contribution >= 0.6 is 0 Å². The number of benzene rings is 1. The summed E-state index contributed by atoms with van der Waals surface area (Å²) in [4.78, 5) is 27.4. The van der Waals surface area contributed by atoms with Crippen molar-refractivity contribution < 1.29 is 9.59 Å². The molecule has 4 N–H and O–H groups in total. The SMILES string of the molecule is Nc1cc(N2CCC(=O)NC2=O)cc2[nH]ccc12. The highest BCUT2D eigenvalue weighted by molar-refractivity contribution is 6.07. The Bertz CT molecular complexity index is 647. The second-order valence-corrected chi connectivity index (χ2v) is 4.23. The Balaban J connectivity index is 2.03. The fourth-order valence-corrected chi connectivity index (χ4v) is 2.15. The number of H-pyrrole nitrogens is 1. The van der Waals surface area contributed by atoms with Crippen molar-refractivity contribution in [2.24, 2.45) is 0 Å². The second kappa shape index (κ2) is 3.76. The standard InChI is InChI=1S/C12H12N4O2/c13-9-5-7(6-10-8(9)1-3-14-10)16-4-2-11(17)15-12(16)18/h1,3,5-6,14H,2,4,13H2,(H,15,17,18). The largest absolute Gasteiger partial charge is 0.398 e. The molecule has 0 aliphatic carbocycles. The molecule has 0 unspecified atom stereocenters. The van der Waals surface area contributed by atoms with Gasteiger partial charge in [-0.25, -0.2) is 4.79 Å². The Labute approximate surface area is 103 Å². The van der Waals surface area contributed by atoms with Gasteiger partial charge in [-0.05, 0) is 18.2 Å². The molecule has 1 saturated heterocycles. The first-order chi connectivity index (χ1) is 8.65. The highest BCUT2D eigenvalue weighted by Gasteiger charge is 2.24. The van der Waals surface area contributed by atoms with Crippen LogP contribution in [-0.2, 0) is 4.79 Å². The molecule has 1 aromatic heterocycles. The summed E-state index contributed by atoms with van der Waals surface area (Å²) in [6.07, 6.45) is 2.10. The maximum absolute atomic E-state index is 11.7. The average Bonchev–Trinajstić information content (AvgIpc) is 2.77. The molecule has 92 valence electrons. The molecule has 1 aromatic carbocycles. The van der Waals surface area contributed by atoms with E-state index in [2.05, 4.69) is 10.3 Å². The van der Waals surface area contributed by atoms with Crippen LogP contribution in [0, 0.1) is 0 Å². The van der Waals surface area contributed by atoms with Gasteiger partial charge in [0.2, 0.25) is 5.91 Å². The average molecular weight is 244 g/mol. The van der Waals surface area contributed by atoms with Crippen molar-refractivity contribution in [3.8, 4) is 0 Å². The lowest BCUT2D eigenvalue weighted by Gasteiger charge is -2.26. The van der Waals surface area contributed by atoms with Crippen molar-refractivity contribution in [1.82, 2.24) is 10.3 Å². The lowest BCUT2D eigenvalue weighted by Crippen LogP contribution is -2.49. The molecule has 1 fully saturated rings. The topological polar surface area (TPSA) is 91.2 Å². The Morgan fingerprint density at radius 2 is 2.11 bits per heavy atom. The fraction of sp³-hybridized carbons (Fsp3) is 0.167. The highest BCUT2D eigenvalue weighted by atomic mass is 16.2. The first-order valence-electron chi connectivity index (χ1n) is 5.63. The molecule has 3 rings (SSSR count). The molecule has 2 heterocycles. The summed E-state index contributed by atoms with van der Waals surface area (Å²) in [6, 6.07) is 5.07. The van der Waals surface area contributed by atoms with Crippen LogP contribution < -0.4 is 16.0 Å². The van der Waals surface area contributed by atoms with Crippen LogP contribution in [0.3, 0.4) is 0 Å².